The van der Waals surface area contributed by atoms with Crippen LogP contribution in [-0.2, 0) is 26.0 Å². The van der Waals surface area contributed by atoms with Gasteiger partial charge in [0.25, 0.3) is 15.9 Å². The van der Waals surface area contributed by atoms with Gasteiger partial charge in [0.2, 0.25) is 11.7 Å². The average molecular weight is 623 g/mol. The maximum atomic E-state index is 13.6. The van der Waals surface area contributed by atoms with Crippen molar-refractivity contribution >= 4 is 33.3 Å². The van der Waals surface area contributed by atoms with Crippen LogP contribution in [0.4, 0.5) is 5.82 Å². The normalized spacial score (nSPS) is 13.4. The van der Waals surface area contributed by atoms with Crippen LogP contribution in [0.5, 0.6) is 28.9 Å². The Morgan fingerprint density at radius 2 is 1.88 bits per heavy atom. The maximum absolute atomic E-state index is 13.6. The molecule has 1 aliphatic heterocycles. The lowest BCUT2D eigenvalue weighted by Crippen LogP contribution is -2.40. The summed E-state index contributed by atoms with van der Waals surface area (Å²) < 4.78 is 56.9. The van der Waals surface area contributed by atoms with Gasteiger partial charge in [0, 0.05) is 25.6 Å². The number of methoxy groups -OCH3 is 2. The van der Waals surface area contributed by atoms with Crippen molar-refractivity contribution in [1.29, 1.82) is 0 Å². The highest BCUT2D eigenvalue weighted by molar-refractivity contribution is 7.92. The zero-order chi connectivity index (χ0) is 30.1. The number of ether oxygens (including phenoxy) is 5. The van der Waals surface area contributed by atoms with E-state index in [0.717, 1.165) is 6.33 Å². The summed E-state index contributed by atoms with van der Waals surface area (Å²) in [5, 5.41) is 9.45. The van der Waals surface area contributed by atoms with Crippen LogP contribution in [0.3, 0.4) is 0 Å². The van der Waals surface area contributed by atoms with Gasteiger partial charge in [-0.3, -0.25) is 9.52 Å². The van der Waals surface area contributed by atoms with E-state index in [-0.39, 0.29) is 65.1 Å². The topological polar surface area (TPSA) is 159 Å². The number of halogens is 1. The second-order valence-corrected chi connectivity index (χ2v) is 11.0. The number of anilines is 1. The third-order valence-electron chi connectivity index (χ3n) is 6.22. The Morgan fingerprint density at radius 1 is 1.10 bits per heavy atom. The molecule has 2 N–H and O–H groups in total. The molecule has 0 radical (unpaired) electrons. The number of carbonyl (C=O) groups is 1. The predicted octanol–water partition coefficient (Wildman–Crippen LogP) is 2.90. The van der Waals surface area contributed by atoms with Crippen LogP contribution in [0.15, 0.2) is 47.6 Å². The second kappa shape index (κ2) is 14.4. The fourth-order valence-electron chi connectivity index (χ4n) is 4.08. The number of morpholine rings is 1. The number of hydrogen-bond acceptors (Lipinski definition) is 11. The van der Waals surface area contributed by atoms with E-state index in [1.807, 2.05) is 0 Å². The summed E-state index contributed by atoms with van der Waals surface area (Å²) in [5.74, 6) is 0.392. The minimum atomic E-state index is -4.25. The number of benzene rings is 2. The third kappa shape index (κ3) is 7.70. The fraction of sp³-hybridized carbons (Fsp3) is 0.370. The van der Waals surface area contributed by atoms with Crippen LogP contribution in [0, 0.1) is 0 Å². The summed E-state index contributed by atoms with van der Waals surface area (Å²) in [6.07, 6.45) is 1.52. The number of aliphatic hydroxyl groups excluding tert-OH is 1. The average Bonchev–Trinajstić information content (AvgIpc) is 3.01. The van der Waals surface area contributed by atoms with E-state index < -0.39 is 10.0 Å². The quantitative estimate of drug-likeness (QED) is 0.289. The smallest absolute Gasteiger partial charge is 0.263 e. The molecule has 2 aromatic carbocycles. The minimum absolute atomic E-state index is 0.0545. The van der Waals surface area contributed by atoms with Crippen LogP contribution in [0.25, 0.3) is 0 Å². The van der Waals surface area contributed by atoms with Crippen molar-refractivity contribution in [1.82, 2.24) is 14.9 Å². The van der Waals surface area contributed by atoms with Gasteiger partial charge in [0.15, 0.2) is 5.82 Å². The van der Waals surface area contributed by atoms with Gasteiger partial charge in [0.05, 0.1) is 44.0 Å². The zero-order valence-electron chi connectivity index (χ0n) is 23.0. The molecule has 1 aromatic heterocycles. The number of amides is 1. The Morgan fingerprint density at radius 3 is 2.60 bits per heavy atom. The number of nitrogens with zero attached hydrogens (tertiary/aromatic N) is 3. The highest BCUT2D eigenvalue weighted by Gasteiger charge is 2.25. The van der Waals surface area contributed by atoms with E-state index in [4.69, 9.17) is 35.3 Å². The molecule has 42 heavy (non-hydrogen) atoms. The van der Waals surface area contributed by atoms with Gasteiger partial charge < -0.3 is 33.7 Å². The summed E-state index contributed by atoms with van der Waals surface area (Å²) in [5.41, 5.74) is 0.538. The number of sulfonamides is 1. The Hall–Kier alpha value is -3.85. The molecule has 226 valence electrons. The van der Waals surface area contributed by atoms with Crippen molar-refractivity contribution < 1.29 is 42.0 Å². The van der Waals surface area contributed by atoms with Gasteiger partial charge in [-0.1, -0.05) is 11.6 Å². The minimum Gasteiger partial charge on any atom is -0.497 e. The van der Waals surface area contributed by atoms with Crippen molar-refractivity contribution in [2.45, 2.75) is 17.7 Å². The first-order valence-electron chi connectivity index (χ1n) is 12.9. The van der Waals surface area contributed by atoms with E-state index in [2.05, 4.69) is 14.7 Å². The number of nitrogens with one attached hydrogen (secondary N) is 1. The monoisotopic (exact) mass is 622 g/mol. The van der Waals surface area contributed by atoms with Crippen LogP contribution in [0.2, 0.25) is 5.02 Å². The molecule has 1 amide bonds. The highest BCUT2D eigenvalue weighted by Crippen LogP contribution is 2.40. The maximum Gasteiger partial charge on any atom is 0.263 e. The summed E-state index contributed by atoms with van der Waals surface area (Å²) >= 11 is 6.30. The van der Waals surface area contributed by atoms with Crippen LogP contribution >= 0.6 is 11.6 Å². The van der Waals surface area contributed by atoms with Gasteiger partial charge in [-0.05, 0) is 42.3 Å². The SMILES string of the molecule is COc1ccc(Cl)c(Oc2c(NS(=O)(=O)c3ccc(OC)c(CCC(=O)N4CCOCC4)c3)ncnc2OCCO)c1. The summed E-state index contributed by atoms with van der Waals surface area (Å²) in [6.45, 7) is 1.54. The lowest BCUT2D eigenvalue weighted by molar-refractivity contribution is -0.135. The molecule has 0 spiro atoms. The first-order valence-corrected chi connectivity index (χ1v) is 14.8. The molecular formula is C27H31ClN4O9S. The molecule has 0 saturated carbocycles. The zero-order valence-corrected chi connectivity index (χ0v) is 24.6. The van der Waals surface area contributed by atoms with Gasteiger partial charge in [-0.15, -0.1) is 0 Å². The molecule has 4 rings (SSSR count). The molecule has 0 aliphatic carbocycles. The summed E-state index contributed by atoms with van der Waals surface area (Å²) in [4.78, 5) is 22.4. The molecule has 3 aromatic rings. The molecule has 0 atom stereocenters. The predicted molar refractivity (Wildman–Crippen MR) is 152 cm³/mol. The Labute approximate surface area is 248 Å². The van der Waals surface area contributed by atoms with E-state index in [1.165, 1.54) is 38.5 Å². The largest absolute Gasteiger partial charge is 0.497 e. The number of rotatable bonds is 13. The Kier molecular flexibility index (Phi) is 10.6. The van der Waals surface area contributed by atoms with E-state index in [1.54, 1.807) is 17.0 Å². The lowest BCUT2D eigenvalue weighted by Gasteiger charge is -2.27. The highest BCUT2D eigenvalue weighted by atomic mass is 35.5. The first kappa shape index (κ1) is 31.1. The van der Waals surface area contributed by atoms with Crippen molar-refractivity contribution in [3.63, 3.8) is 0 Å². The summed E-state index contributed by atoms with van der Waals surface area (Å²) in [7, 11) is -1.31. The molecule has 0 unspecified atom stereocenters. The van der Waals surface area contributed by atoms with Crippen LogP contribution in [0.1, 0.15) is 12.0 Å². The molecule has 15 heteroatoms. The van der Waals surface area contributed by atoms with Crippen molar-refractivity contribution in [2.24, 2.45) is 0 Å². The van der Waals surface area contributed by atoms with Gasteiger partial charge in [-0.2, -0.15) is 4.98 Å². The lowest BCUT2D eigenvalue weighted by atomic mass is 10.1. The number of carbonyl (C=O) groups excluding carboxylic acids is 1. The standard InChI is InChI=1S/C27H31ClN4O9S/c1-37-19-4-6-21(28)23(16-19)41-25-26(29-17-30-27(25)40-14-11-33)31-42(35,36)20-5-7-22(38-2)18(15-20)3-8-24(34)32-9-12-39-13-10-32/h4-7,15-17,33H,3,8-14H2,1-2H3,(H,29,30,31). The molecule has 0 bridgehead atoms. The first-order chi connectivity index (χ1) is 20.2. The second-order valence-electron chi connectivity index (χ2n) is 8.90. The van der Waals surface area contributed by atoms with Gasteiger partial charge >= 0.3 is 0 Å². The van der Waals surface area contributed by atoms with Crippen molar-refractivity contribution in [3.05, 3.63) is 53.3 Å². The van der Waals surface area contributed by atoms with E-state index in [0.29, 0.717) is 43.4 Å². The molecule has 2 heterocycles. The van der Waals surface area contributed by atoms with E-state index >= 15 is 0 Å². The molecule has 1 aliphatic rings. The number of aryl methyl sites for hydroxylation is 1. The Bertz CT molecular complexity index is 1500. The van der Waals surface area contributed by atoms with Crippen LogP contribution in [-0.4, -0.2) is 88.0 Å². The number of aliphatic hydroxyl groups is 1. The van der Waals surface area contributed by atoms with Crippen LogP contribution < -0.4 is 23.7 Å². The van der Waals surface area contributed by atoms with Crippen molar-refractivity contribution in [3.8, 4) is 28.9 Å². The Balaban J connectivity index is 1.62. The molecule has 13 nitrogen and oxygen atoms in total. The van der Waals surface area contributed by atoms with Gasteiger partial charge in [-0.25, -0.2) is 13.4 Å². The number of hydrogen-bond donors (Lipinski definition) is 2. The van der Waals surface area contributed by atoms with E-state index in [9.17, 15) is 18.3 Å². The third-order valence-corrected chi connectivity index (χ3v) is 7.87. The summed E-state index contributed by atoms with van der Waals surface area (Å²) in [6, 6.07) is 9.00. The molecule has 1 fully saturated rings. The van der Waals surface area contributed by atoms with Gasteiger partial charge in [0.1, 0.15) is 30.2 Å². The number of aromatic nitrogens is 2. The molecule has 1 saturated heterocycles. The fourth-order valence-corrected chi connectivity index (χ4v) is 5.30. The van der Waals surface area contributed by atoms with Crippen molar-refractivity contribution in [2.75, 3.05) is 58.5 Å². The molecular weight excluding hydrogens is 592 g/mol.